The molecule has 2 heteroatoms. The number of benzene rings is 3. The van der Waals surface area contributed by atoms with Crippen LogP contribution in [0.2, 0.25) is 0 Å². The van der Waals surface area contributed by atoms with Gasteiger partial charge in [0.15, 0.2) is 5.78 Å². The minimum atomic E-state index is 0.105. The number of Topliss-reactive ketones (excluding diaryl/α,β-unsaturated/α-hetero) is 1. The molecule has 3 aromatic rings. The second kappa shape index (κ2) is 6.06. The molecule has 0 unspecified atom stereocenters. The summed E-state index contributed by atoms with van der Waals surface area (Å²) in [6, 6.07) is 26.2. The first-order valence-corrected chi connectivity index (χ1v) is 8.38. The van der Waals surface area contributed by atoms with E-state index in [1.165, 1.54) is 0 Å². The molecule has 0 N–H and O–H groups in total. The van der Waals surface area contributed by atoms with Gasteiger partial charge in [-0.1, -0.05) is 66.7 Å². The molecule has 0 bridgehead atoms. The molecule has 1 aliphatic rings. The molecule has 2 nitrogen and oxygen atoms in total. The van der Waals surface area contributed by atoms with E-state index in [1.54, 1.807) is 0 Å². The van der Waals surface area contributed by atoms with E-state index in [9.17, 15) is 4.79 Å². The van der Waals surface area contributed by atoms with Crippen LogP contribution in [0.4, 0.5) is 5.69 Å². The van der Waals surface area contributed by atoms with Crippen molar-refractivity contribution in [3.8, 4) is 0 Å². The molecule has 0 atom stereocenters. The summed E-state index contributed by atoms with van der Waals surface area (Å²) in [7, 11) is 4.05. The van der Waals surface area contributed by atoms with Crippen molar-refractivity contribution in [1.82, 2.24) is 0 Å². The second-order valence-electron chi connectivity index (χ2n) is 6.43. The highest BCUT2D eigenvalue weighted by atomic mass is 16.1. The lowest BCUT2D eigenvalue weighted by atomic mass is 9.94. The van der Waals surface area contributed by atoms with Crippen LogP contribution in [0.15, 0.2) is 78.9 Å². The number of carbonyl (C=O) groups excluding carboxylic acids is 1. The van der Waals surface area contributed by atoms with Gasteiger partial charge in [-0.2, -0.15) is 0 Å². The van der Waals surface area contributed by atoms with Crippen LogP contribution in [-0.2, 0) is 0 Å². The first-order valence-electron chi connectivity index (χ1n) is 8.38. The quantitative estimate of drug-likeness (QED) is 0.682. The van der Waals surface area contributed by atoms with Crippen LogP contribution in [0.5, 0.6) is 0 Å². The SMILES string of the molecule is CN(C)c1ccc(C2=C(c3ccccc3)C(=O)c3ccccc32)cc1. The number of anilines is 1. The van der Waals surface area contributed by atoms with Crippen molar-refractivity contribution in [1.29, 1.82) is 0 Å². The Morgan fingerprint density at radius 1 is 0.600 bits per heavy atom. The molecular formula is C23H19NO. The Bertz CT molecular complexity index is 966. The van der Waals surface area contributed by atoms with Gasteiger partial charge >= 0.3 is 0 Å². The molecule has 25 heavy (non-hydrogen) atoms. The van der Waals surface area contributed by atoms with Crippen LogP contribution in [0.1, 0.15) is 27.0 Å². The van der Waals surface area contributed by atoms with Gasteiger partial charge in [0.25, 0.3) is 0 Å². The first kappa shape index (κ1) is 15.4. The number of rotatable bonds is 3. The molecule has 0 heterocycles. The summed E-state index contributed by atoms with van der Waals surface area (Å²) in [6.45, 7) is 0. The molecule has 1 aliphatic carbocycles. The van der Waals surface area contributed by atoms with E-state index < -0.39 is 0 Å². The largest absolute Gasteiger partial charge is 0.378 e. The van der Waals surface area contributed by atoms with Gasteiger partial charge in [0, 0.05) is 36.5 Å². The monoisotopic (exact) mass is 325 g/mol. The van der Waals surface area contributed by atoms with Gasteiger partial charge < -0.3 is 4.90 Å². The number of hydrogen-bond acceptors (Lipinski definition) is 2. The fraction of sp³-hybridized carbons (Fsp3) is 0.0870. The topological polar surface area (TPSA) is 20.3 Å². The predicted molar refractivity (Wildman–Crippen MR) is 104 cm³/mol. The lowest BCUT2D eigenvalue weighted by molar-refractivity contribution is 0.105. The Kier molecular flexibility index (Phi) is 3.73. The van der Waals surface area contributed by atoms with E-state index in [0.717, 1.165) is 39.1 Å². The van der Waals surface area contributed by atoms with Crippen LogP contribution < -0.4 is 4.90 Å². The smallest absolute Gasteiger partial charge is 0.194 e. The molecule has 0 radical (unpaired) electrons. The highest BCUT2D eigenvalue weighted by molar-refractivity contribution is 6.41. The molecule has 3 aromatic carbocycles. The van der Waals surface area contributed by atoms with Gasteiger partial charge in [-0.3, -0.25) is 4.79 Å². The fourth-order valence-corrected chi connectivity index (χ4v) is 3.39. The zero-order valence-electron chi connectivity index (χ0n) is 14.4. The summed E-state index contributed by atoms with van der Waals surface area (Å²) in [6.07, 6.45) is 0. The van der Waals surface area contributed by atoms with Crippen LogP contribution in [0.3, 0.4) is 0 Å². The average molecular weight is 325 g/mol. The van der Waals surface area contributed by atoms with Gasteiger partial charge in [-0.15, -0.1) is 0 Å². The van der Waals surface area contributed by atoms with Gasteiger partial charge in [0.2, 0.25) is 0 Å². The maximum Gasteiger partial charge on any atom is 0.194 e. The number of fused-ring (bicyclic) bond motifs is 1. The summed E-state index contributed by atoms with van der Waals surface area (Å²) in [5, 5.41) is 0. The molecule has 4 rings (SSSR count). The number of carbonyl (C=O) groups is 1. The zero-order chi connectivity index (χ0) is 17.4. The minimum Gasteiger partial charge on any atom is -0.378 e. The van der Waals surface area contributed by atoms with E-state index in [2.05, 4.69) is 29.2 Å². The number of hydrogen-bond donors (Lipinski definition) is 0. The maximum atomic E-state index is 13.1. The van der Waals surface area contributed by atoms with E-state index in [-0.39, 0.29) is 5.78 Å². The molecule has 0 aromatic heterocycles. The van der Waals surface area contributed by atoms with Crippen molar-refractivity contribution in [2.75, 3.05) is 19.0 Å². The van der Waals surface area contributed by atoms with Crippen molar-refractivity contribution in [2.45, 2.75) is 0 Å². The molecule has 0 saturated carbocycles. The average Bonchev–Trinajstić information content (AvgIpc) is 2.95. The van der Waals surface area contributed by atoms with Crippen molar-refractivity contribution < 1.29 is 4.79 Å². The van der Waals surface area contributed by atoms with E-state index in [0.29, 0.717) is 0 Å². The third-order valence-corrected chi connectivity index (χ3v) is 4.65. The highest BCUT2D eigenvalue weighted by Gasteiger charge is 2.30. The lowest BCUT2D eigenvalue weighted by Gasteiger charge is -2.14. The maximum absolute atomic E-state index is 13.1. The summed E-state index contributed by atoms with van der Waals surface area (Å²) >= 11 is 0. The zero-order valence-corrected chi connectivity index (χ0v) is 14.4. The first-order chi connectivity index (χ1) is 12.2. The fourth-order valence-electron chi connectivity index (χ4n) is 3.39. The molecule has 0 amide bonds. The van der Waals surface area contributed by atoms with Crippen LogP contribution in [0, 0.1) is 0 Å². The third kappa shape index (κ3) is 2.56. The van der Waals surface area contributed by atoms with Crippen molar-refractivity contribution >= 4 is 22.6 Å². The summed E-state index contributed by atoms with van der Waals surface area (Å²) < 4.78 is 0. The Labute approximate surface area is 148 Å². The Morgan fingerprint density at radius 2 is 1.16 bits per heavy atom. The van der Waals surface area contributed by atoms with Gasteiger partial charge in [-0.25, -0.2) is 0 Å². The summed E-state index contributed by atoms with van der Waals surface area (Å²) in [4.78, 5) is 15.2. The Balaban J connectivity index is 1.96. The standard InChI is InChI=1S/C23H19NO/c1-24(2)18-14-12-17(13-15-18)21-19-10-6-7-11-20(19)23(25)22(21)16-8-4-3-5-9-16/h3-15H,1-2H3. The van der Waals surface area contributed by atoms with Crippen molar-refractivity contribution in [2.24, 2.45) is 0 Å². The number of ketones is 1. The van der Waals surface area contributed by atoms with Crippen molar-refractivity contribution in [3.63, 3.8) is 0 Å². The van der Waals surface area contributed by atoms with Gasteiger partial charge in [-0.05, 0) is 28.8 Å². The predicted octanol–water partition coefficient (Wildman–Crippen LogP) is 4.91. The van der Waals surface area contributed by atoms with Crippen LogP contribution in [-0.4, -0.2) is 19.9 Å². The lowest BCUT2D eigenvalue weighted by Crippen LogP contribution is -2.08. The second-order valence-corrected chi connectivity index (χ2v) is 6.43. The van der Waals surface area contributed by atoms with Gasteiger partial charge in [0.05, 0.1) is 0 Å². The van der Waals surface area contributed by atoms with Crippen molar-refractivity contribution in [3.05, 3.63) is 101 Å². The summed E-state index contributed by atoms with van der Waals surface area (Å²) in [5.41, 5.74) is 6.80. The minimum absolute atomic E-state index is 0.105. The van der Waals surface area contributed by atoms with Crippen LogP contribution >= 0.6 is 0 Å². The molecular weight excluding hydrogens is 306 g/mol. The third-order valence-electron chi connectivity index (χ3n) is 4.65. The normalized spacial score (nSPS) is 13.1. The number of allylic oxidation sites excluding steroid dienone is 1. The molecule has 0 aliphatic heterocycles. The Hall–Kier alpha value is -3.13. The van der Waals surface area contributed by atoms with E-state index >= 15 is 0 Å². The van der Waals surface area contributed by atoms with E-state index in [1.807, 2.05) is 68.7 Å². The number of nitrogens with zero attached hydrogens (tertiary/aromatic N) is 1. The Morgan fingerprint density at radius 3 is 1.80 bits per heavy atom. The van der Waals surface area contributed by atoms with E-state index in [4.69, 9.17) is 0 Å². The molecule has 0 saturated heterocycles. The van der Waals surface area contributed by atoms with Crippen LogP contribution in [0.25, 0.3) is 11.1 Å². The highest BCUT2D eigenvalue weighted by Crippen LogP contribution is 2.42. The van der Waals surface area contributed by atoms with Gasteiger partial charge in [0.1, 0.15) is 0 Å². The molecule has 0 fully saturated rings. The molecule has 122 valence electrons. The summed E-state index contributed by atoms with van der Waals surface area (Å²) in [5.74, 6) is 0.105. The molecule has 0 spiro atoms.